The van der Waals surface area contributed by atoms with E-state index < -0.39 is 4.92 Å². The van der Waals surface area contributed by atoms with Gasteiger partial charge in [0, 0.05) is 52.8 Å². The first kappa shape index (κ1) is 14.2. The lowest BCUT2D eigenvalue weighted by molar-refractivity contribution is -0.384. The van der Waals surface area contributed by atoms with Gasteiger partial charge in [-0.05, 0) is 23.3 Å². The Kier molecular flexibility index (Phi) is 3.16. The highest BCUT2D eigenvalue weighted by Gasteiger charge is 2.13. The molecule has 0 unspecified atom stereocenters. The zero-order valence-electron chi connectivity index (χ0n) is 12.6. The van der Waals surface area contributed by atoms with Crippen LogP contribution in [0.15, 0.2) is 48.8 Å². The predicted octanol–water partition coefficient (Wildman–Crippen LogP) is 3.96. The molecule has 0 saturated heterocycles. The van der Waals surface area contributed by atoms with E-state index in [-0.39, 0.29) is 5.69 Å². The minimum absolute atomic E-state index is 0.0613. The Morgan fingerprint density at radius 2 is 1.83 bits per heavy atom. The third-order valence-electron chi connectivity index (χ3n) is 4.29. The molecular formula is C18H13N3O3. The van der Waals surface area contributed by atoms with E-state index in [9.17, 15) is 14.9 Å². The number of nitrogens with zero attached hydrogens (tertiary/aromatic N) is 1. The second-order valence-electron chi connectivity index (χ2n) is 5.68. The number of carbonyl (C=O) groups excluding carboxylic acids is 1. The van der Waals surface area contributed by atoms with Crippen LogP contribution in [0.1, 0.15) is 21.5 Å². The van der Waals surface area contributed by atoms with Crippen molar-refractivity contribution in [3.8, 4) is 0 Å². The van der Waals surface area contributed by atoms with E-state index in [1.54, 1.807) is 12.1 Å². The minimum atomic E-state index is -0.407. The number of aldehydes is 1. The van der Waals surface area contributed by atoms with Crippen molar-refractivity contribution in [2.45, 2.75) is 6.42 Å². The highest BCUT2D eigenvalue weighted by molar-refractivity contribution is 5.99. The fraction of sp³-hybridized carbons (Fsp3) is 0.0556. The average Bonchev–Trinajstić information content (AvgIpc) is 3.19. The number of nitro benzene ring substituents is 1. The fourth-order valence-electron chi connectivity index (χ4n) is 3.16. The molecule has 0 aliphatic heterocycles. The molecule has 0 spiro atoms. The molecule has 0 radical (unpaired) electrons. The van der Waals surface area contributed by atoms with E-state index in [2.05, 4.69) is 9.97 Å². The van der Waals surface area contributed by atoms with Gasteiger partial charge in [0.2, 0.25) is 0 Å². The third kappa shape index (κ3) is 2.16. The van der Waals surface area contributed by atoms with Crippen LogP contribution in [0.4, 0.5) is 5.69 Å². The Morgan fingerprint density at radius 3 is 2.62 bits per heavy atom. The summed E-state index contributed by atoms with van der Waals surface area (Å²) in [6.45, 7) is 0. The molecule has 0 saturated carbocycles. The normalized spacial score (nSPS) is 11.2. The number of H-pyrrole nitrogens is 2. The molecular weight excluding hydrogens is 306 g/mol. The van der Waals surface area contributed by atoms with Crippen molar-refractivity contribution in [3.63, 3.8) is 0 Å². The van der Waals surface area contributed by atoms with E-state index in [1.165, 1.54) is 12.1 Å². The molecule has 2 aromatic carbocycles. The number of carbonyl (C=O) groups is 1. The summed E-state index contributed by atoms with van der Waals surface area (Å²) in [4.78, 5) is 28.1. The zero-order chi connectivity index (χ0) is 16.7. The lowest BCUT2D eigenvalue weighted by atomic mass is 10.0. The molecule has 24 heavy (non-hydrogen) atoms. The second-order valence-corrected chi connectivity index (χ2v) is 5.68. The lowest BCUT2D eigenvalue weighted by Crippen LogP contribution is -1.89. The summed E-state index contributed by atoms with van der Waals surface area (Å²) in [5, 5.41) is 12.7. The van der Waals surface area contributed by atoms with Crippen LogP contribution in [0.2, 0.25) is 0 Å². The topological polar surface area (TPSA) is 91.8 Å². The van der Waals surface area contributed by atoms with E-state index >= 15 is 0 Å². The van der Waals surface area contributed by atoms with Gasteiger partial charge in [-0.2, -0.15) is 0 Å². The molecule has 6 heteroatoms. The number of fused-ring (bicyclic) bond motifs is 2. The number of hydrogen-bond donors (Lipinski definition) is 2. The molecule has 0 bridgehead atoms. The molecule has 0 aliphatic carbocycles. The number of aromatic amines is 2. The van der Waals surface area contributed by atoms with Gasteiger partial charge in [-0.15, -0.1) is 0 Å². The molecule has 2 heterocycles. The molecule has 0 fully saturated rings. The first-order valence-corrected chi connectivity index (χ1v) is 7.46. The monoisotopic (exact) mass is 319 g/mol. The van der Waals surface area contributed by atoms with Crippen LogP contribution < -0.4 is 0 Å². The molecule has 4 rings (SSSR count). The Morgan fingerprint density at radius 1 is 1.04 bits per heavy atom. The van der Waals surface area contributed by atoms with Crippen molar-refractivity contribution in [1.29, 1.82) is 0 Å². The third-order valence-corrected chi connectivity index (χ3v) is 4.29. The van der Waals surface area contributed by atoms with Crippen LogP contribution in [0.5, 0.6) is 0 Å². The fourth-order valence-corrected chi connectivity index (χ4v) is 3.16. The van der Waals surface area contributed by atoms with Crippen molar-refractivity contribution < 1.29 is 9.72 Å². The van der Waals surface area contributed by atoms with Crippen LogP contribution in [-0.4, -0.2) is 21.2 Å². The highest BCUT2D eigenvalue weighted by Crippen LogP contribution is 2.28. The van der Waals surface area contributed by atoms with E-state index in [4.69, 9.17) is 0 Å². The Balaban J connectivity index is 1.80. The predicted molar refractivity (Wildman–Crippen MR) is 91.4 cm³/mol. The Bertz CT molecular complexity index is 1090. The van der Waals surface area contributed by atoms with Crippen molar-refractivity contribution >= 4 is 33.8 Å². The van der Waals surface area contributed by atoms with Gasteiger partial charge in [0.1, 0.15) is 0 Å². The van der Waals surface area contributed by atoms with E-state index in [1.807, 2.05) is 24.5 Å². The van der Waals surface area contributed by atoms with Crippen LogP contribution >= 0.6 is 0 Å². The van der Waals surface area contributed by atoms with Crippen LogP contribution in [0, 0.1) is 10.1 Å². The highest BCUT2D eigenvalue weighted by atomic mass is 16.6. The quantitative estimate of drug-likeness (QED) is 0.339. The number of hydrogen-bond acceptors (Lipinski definition) is 3. The van der Waals surface area contributed by atoms with Crippen LogP contribution in [0.3, 0.4) is 0 Å². The maximum absolute atomic E-state index is 11.3. The number of nitrogens with one attached hydrogen (secondary N) is 2. The molecule has 2 N–H and O–H groups in total. The number of aromatic nitrogens is 2. The number of nitro groups is 1. The minimum Gasteiger partial charge on any atom is -0.361 e. The summed E-state index contributed by atoms with van der Waals surface area (Å²) < 4.78 is 0. The maximum atomic E-state index is 11.3. The Labute approximate surface area is 136 Å². The molecule has 0 amide bonds. The molecule has 6 nitrogen and oxygen atoms in total. The van der Waals surface area contributed by atoms with Gasteiger partial charge >= 0.3 is 0 Å². The first-order chi connectivity index (χ1) is 11.7. The van der Waals surface area contributed by atoms with Gasteiger partial charge in [0.25, 0.3) is 5.69 Å². The summed E-state index contributed by atoms with van der Waals surface area (Å²) in [6.07, 6.45) is 5.25. The largest absolute Gasteiger partial charge is 0.361 e. The van der Waals surface area contributed by atoms with Crippen molar-refractivity contribution in [2.75, 3.05) is 0 Å². The van der Waals surface area contributed by atoms with E-state index in [0.29, 0.717) is 12.0 Å². The van der Waals surface area contributed by atoms with Crippen LogP contribution in [-0.2, 0) is 6.42 Å². The van der Waals surface area contributed by atoms with Crippen molar-refractivity contribution in [2.24, 2.45) is 0 Å². The smallest absolute Gasteiger partial charge is 0.271 e. The molecule has 118 valence electrons. The lowest BCUT2D eigenvalue weighted by Gasteiger charge is -2.01. The molecule has 2 aromatic heterocycles. The zero-order valence-corrected chi connectivity index (χ0v) is 12.6. The maximum Gasteiger partial charge on any atom is 0.271 e. The standard InChI is InChI=1S/C18H13N3O3/c22-10-11-2-1-3-16-18(11)13(9-19-16)6-12-8-20-17-7-14(21(23)24)4-5-15(12)17/h1-5,7-10,19-20H,6H2. The van der Waals surface area contributed by atoms with Gasteiger partial charge in [0.15, 0.2) is 6.29 Å². The van der Waals surface area contributed by atoms with Gasteiger partial charge in [0.05, 0.1) is 10.4 Å². The van der Waals surface area contributed by atoms with Gasteiger partial charge < -0.3 is 9.97 Å². The van der Waals surface area contributed by atoms with E-state index in [0.717, 1.165) is 39.2 Å². The summed E-state index contributed by atoms with van der Waals surface area (Å²) in [6, 6.07) is 10.4. The number of rotatable bonds is 4. The van der Waals surface area contributed by atoms with Crippen molar-refractivity contribution in [1.82, 2.24) is 9.97 Å². The summed E-state index contributed by atoms with van der Waals surface area (Å²) in [7, 11) is 0. The van der Waals surface area contributed by atoms with Gasteiger partial charge in [-0.1, -0.05) is 12.1 Å². The number of benzene rings is 2. The molecule has 4 aromatic rings. The van der Waals surface area contributed by atoms with Crippen molar-refractivity contribution in [3.05, 3.63) is 75.6 Å². The Hall–Kier alpha value is -3.41. The average molecular weight is 319 g/mol. The van der Waals surface area contributed by atoms with Gasteiger partial charge in [-0.3, -0.25) is 14.9 Å². The van der Waals surface area contributed by atoms with Gasteiger partial charge in [-0.25, -0.2) is 0 Å². The number of non-ortho nitro benzene ring substituents is 1. The first-order valence-electron chi connectivity index (χ1n) is 7.46. The van der Waals surface area contributed by atoms with Crippen LogP contribution in [0.25, 0.3) is 21.8 Å². The summed E-state index contributed by atoms with van der Waals surface area (Å²) >= 11 is 0. The summed E-state index contributed by atoms with van der Waals surface area (Å²) in [5.41, 5.74) is 4.42. The SMILES string of the molecule is O=Cc1cccc2[nH]cc(Cc3c[nH]c4cc([N+](=O)[O-])ccc34)c12. The summed E-state index contributed by atoms with van der Waals surface area (Å²) in [5.74, 6) is 0. The molecule has 0 atom stereocenters. The second kappa shape index (κ2) is 5.34. The molecule has 0 aliphatic rings.